The van der Waals surface area contributed by atoms with Crippen LogP contribution in [0.5, 0.6) is 0 Å². The number of aliphatic hydroxyl groups excluding tert-OH is 1. The second kappa shape index (κ2) is 6.43. The van der Waals surface area contributed by atoms with Crippen molar-refractivity contribution in [1.82, 2.24) is 4.57 Å². The van der Waals surface area contributed by atoms with E-state index < -0.39 is 17.8 Å². The third-order valence-electron chi connectivity index (χ3n) is 4.76. The third kappa shape index (κ3) is 3.19. The molecule has 1 atom stereocenters. The van der Waals surface area contributed by atoms with Crippen molar-refractivity contribution in [2.75, 3.05) is 0 Å². The minimum Gasteiger partial charge on any atom is -0.392 e. The molecule has 0 aliphatic heterocycles. The zero-order valence-corrected chi connectivity index (χ0v) is 14.7. The summed E-state index contributed by atoms with van der Waals surface area (Å²) in [7, 11) is 0. The second-order valence-electron chi connectivity index (χ2n) is 6.78. The fourth-order valence-electron chi connectivity index (χ4n) is 3.55. The highest BCUT2D eigenvalue weighted by molar-refractivity contribution is 6.09. The summed E-state index contributed by atoms with van der Waals surface area (Å²) in [4.78, 5) is 0. The Labute approximate surface area is 154 Å². The van der Waals surface area contributed by atoms with Crippen molar-refractivity contribution in [2.24, 2.45) is 0 Å². The molecule has 0 amide bonds. The summed E-state index contributed by atoms with van der Waals surface area (Å²) in [6.07, 6.45) is -4.82. The van der Waals surface area contributed by atoms with E-state index in [2.05, 4.69) is 4.57 Å². The second-order valence-corrected chi connectivity index (χ2v) is 6.78. The molecule has 138 valence electrons. The summed E-state index contributed by atoms with van der Waals surface area (Å²) < 4.78 is 40.4. The first kappa shape index (κ1) is 17.6. The predicted molar refractivity (Wildman–Crippen MR) is 102 cm³/mol. The molecule has 2 nitrogen and oxygen atoms in total. The lowest BCUT2D eigenvalue weighted by atomic mass is 10.0. The van der Waals surface area contributed by atoms with Crippen LogP contribution in [0.2, 0.25) is 0 Å². The smallest absolute Gasteiger partial charge is 0.392 e. The highest BCUT2D eigenvalue weighted by Crippen LogP contribution is 2.34. The fraction of sp³-hybridized carbons (Fsp3) is 0.182. The fourth-order valence-corrected chi connectivity index (χ4v) is 3.55. The van der Waals surface area contributed by atoms with Crippen molar-refractivity contribution < 1.29 is 18.3 Å². The Balaban J connectivity index is 1.86. The lowest BCUT2D eigenvalue weighted by molar-refractivity contribution is -0.137. The average molecular weight is 369 g/mol. The molecule has 0 saturated heterocycles. The van der Waals surface area contributed by atoms with Gasteiger partial charge in [-0.25, -0.2) is 0 Å². The van der Waals surface area contributed by atoms with Gasteiger partial charge >= 0.3 is 6.18 Å². The molecule has 0 bridgehead atoms. The van der Waals surface area contributed by atoms with Gasteiger partial charge in [-0.15, -0.1) is 0 Å². The largest absolute Gasteiger partial charge is 0.416 e. The number of aliphatic hydroxyl groups is 1. The SMILES string of the molecule is CC(O)Cn1c2ccccc2c2cc(-c3ccc(C(F)(F)F)cc3)ccc21. The van der Waals surface area contributed by atoms with Crippen LogP contribution in [-0.2, 0) is 12.7 Å². The molecule has 1 N–H and O–H groups in total. The van der Waals surface area contributed by atoms with Gasteiger partial charge in [-0.3, -0.25) is 0 Å². The number of alkyl halides is 3. The molecular formula is C22H18F3NO. The molecule has 0 aliphatic carbocycles. The van der Waals surface area contributed by atoms with E-state index in [4.69, 9.17) is 0 Å². The average Bonchev–Trinajstić information content (AvgIpc) is 2.94. The normalized spacial score (nSPS) is 13.4. The van der Waals surface area contributed by atoms with E-state index in [0.717, 1.165) is 45.1 Å². The van der Waals surface area contributed by atoms with Gasteiger partial charge in [-0.2, -0.15) is 13.2 Å². The summed E-state index contributed by atoms with van der Waals surface area (Å²) in [5.41, 5.74) is 2.96. The van der Waals surface area contributed by atoms with E-state index >= 15 is 0 Å². The van der Waals surface area contributed by atoms with Gasteiger partial charge in [0.15, 0.2) is 0 Å². The minimum absolute atomic E-state index is 0.476. The van der Waals surface area contributed by atoms with Crippen LogP contribution in [0.15, 0.2) is 66.7 Å². The van der Waals surface area contributed by atoms with E-state index in [1.807, 2.05) is 42.5 Å². The van der Waals surface area contributed by atoms with Gasteiger partial charge in [-0.05, 0) is 48.4 Å². The van der Waals surface area contributed by atoms with Crippen LogP contribution in [0.25, 0.3) is 32.9 Å². The van der Waals surface area contributed by atoms with Gasteiger partial charge in [0.05, 0.1) is 11.7 Å². The lowest BCUT2D eigenvalue weighted by Crippen LogP contribution is -2.11. The standard InChI is InChI=1S/C22H18F3NO/c1-14(27)13-26-20-5-3-2-4-18(20)19-12-16(8-11-21(19)26)15-6-9-17(10-7-15)22(23,24)25/h2-12,14,27H,13H2,1H3. The maximum atomic E-state index is 12.8. The molecule has 1 aromatic heterocycles. The van der Waals surface area contributed by atoms with Crippen molar-refractivity contribution in [1.29, 1.82) is 0 Å². The maximum Gasteiger partial charge on any atom is 0.416 e. The van der Waals surface area contributed by atoms with Crippen LogP contribution in [-0.4, -0.2) is 15.8 Å². The first-order valence-corrected chi connectivity index (χ1v) is 8.71. The van der Waals surface area contributed by atoms with Crippen molar-refractivity contribution >= 4 is 21.8 Å². The molecular weight excluding hydrogens is 351 g/mol. The molecule has 1 heterocycles. The monoisotopic (exact) mass is 369 g/mol. The van der Waals surface area contributed by atoms with Crippen molar-refractivity contribution in [3.63, 3.8) is 0 Å². The molecule has 0 fully saturated rings. The number of para-hydroxylation sites is 1. The number of hydrogen-bond donors (Lipinski definition) is 1. The van der Waals surface area contributed by atoms with E-state index in [-0.39, 0.29) is 0 Å². The molecule has 27 heavy (non-hydrogen) atoms. The van der Waals surface area contributed by atoms with Crippen LogP contribution in [0, 0.1) is 0 Å². The maximum absolute atomic E-state index is 12.8. The topological polar surface area (TPSA) is 25.2 Å². The molecule has 3 aromatic carbocycles. The zero-order chi connectivity index (χ0) is 19.2. The molecule has 0 radical (unpaired) electrons. The summed E-state index contributed by atoms with van der Waals surface area (Å²) in [6.45, 7) is 2.22. The van der Waals surface area contributed by atoms with E-state index in [9.17, 15) is 18.3 Å². The molecule has 5 heteroatoms. The number of aromatic nitrogens is 1. The number of hydrogen-bond acceptors (Lipinski definition) is 1. The van der Waals surface area contributed by atoms with Crippen LogP contribution in [0.4, 0.5) is 13.2 Å². The Morgan fingerprint density at radius 1 is 0.852 bits per heavy atom. The van der Waals surface area contributed by atoms with Gasteiger partial charge in [0.2, 0.25) is 0 Å². The van der Waals surface area contributed by atoms with E-state index in [1.54, 1.807) is 6.92 Å². The number of rotatable bonds is 3. The molecule has 4 rings (SSSR count). The lowest BCUT2D eigenvalue weighted by Gasteiger charge is -2.10. The van der Waals surface area contributed by atoms with Gasteiger partial charge < -0.3 is 9.67 Å². The minimum atomic E-state index is -4.34. The number of fused-ring (bicyclic) bond motifs is 3. The Morgan fingerprint density at radius 3 is 2.15 bits per heavy atom. The molecule has 1 unspecified atom stereocenters. The molecule has 0 aliphatic rings. The Morgan fingerprint density at radius 2 is 1.48 bits per heavy atom. The van der Waals surface area contributed by atoms with Crippen molar-refractivity contribution in [2.45, 2.75) is 25.7 Å². The Bertz CT molecular complexity index is 1110. The highest BCUT2D eigenvalue weighted by atomic mass is 19.4. The first-order chi connectivity index (χ1) is 12.8. The number of benzene rings is 3. The van der Waals surface area contributed by atoms with Gasteiger partial charge in [-0.1, -0.05) is 36.4 Å². The Kier molecular flexibility index (Phi) is 4.19. The van der Waals surface area contributed by atoms with Gasteiger partial charge in [0, 0.05) is 28.4 Å². The number of nitrogens with zero attached hydrogens (tertiary/aromatic N) is 1. The summed E-state index contributed by atoms with van der Waals surface area (Å²) in [5, 5.41) is 11.9. The number of halogens is 3. The van der Waals surface area contributed by atoms with E-state index in [1.165, 1.54) is 12.1 Å². The van der Waals surface area contributed by atoms with Crippen molar-refractivity contribution in [3.8, 4) is 11.1 Å². The van der Waals surface area contributed by atoms with Gasteiger partial charge in [0.25, 0.3) is 0 Å². The first-order valence-electron chi connectivity index (χ1n) is 8.71. The summed E-state index contributed by atoms with van der Waals surface area (Å²) in [6, 6.07) is 19.0. The quantitative estimate of drug-likeness (QED) is 0.481. The highest BCUT2D eigenvalue weighted by Gasteiger charge is 2.30. The van der Waals surface area contributed by atoms with Crippen LogP contribution in [0.1, 0.15) is 12.5 Å². The molecule has 0 saturated carbocycles. The van der Waals surface area contributed by atoms with Crippen LogP contribution >= 0.6 is 0 Å². The third-order valence-corrected chi connectivity index (χ3v) is 4.76. The van der Waals surface area contributed by atoms with Gasteiger partial charge in [0.1, 0.15) is 0 Å². The summed E-state index contributed by atoms with van der Waals surface area (Å²) in [5.74, 6) is 0. The molecule has 0 spiro atoms. The zero-order valence-electron chi connectivity index (χ0n) is 14.7. The van der Waals surface area contributed by atoms with E-state index in [0.29, 0.717) is 6.54 Å². The van der Waals surface area contributed by atoms with Crippen LogP contribution in [0.3, 0.4) is 0 Å². The summed E-state index contributed by atoms with van der Waals surface area (Å²) >= 11 is 0. The predicted octanol–water partition coefficient (Wildman–Crippen LogP) is 5.86. The van der Waals surface area contributed by atoms with Crippen LogP contribution < -0.4 is 0 Å². The Hall–Kier alpha value is -2.79. The van der Waals surface area contributed by atoms with Crippen molar-refractivity contribution in [3.05, 3.63) is 72.3 Å². The molecule has 4 aromatic rings.